The van der Waals surface area contributed by atoms with Gasteiger partial charge in [0.15, 0.2) is 0 Å². The zero-order chi connectivity index (χ0) is 5.86. The first-order valence-electron chi connectivity index (χ1n) is 1.98. The fourth-order valence-electron chi connectivity index (χ4n) is 0.122. The second-order valence-corrected chi connectivity index (χ2v) is 1.32. The largest absolute Gasteiger partial charge is 0.394 e. The van der Waals surface area contributed by atoms with Crippen LogP contribution in [0.1, 0.15) is 0 Å². The van der Waals surface area contributed by atoms with E-state index in [0.29, 0.717) is 0 Å². The first-order valence-corrected chi connectivity index (χ1v) is 1.98. The second kappa shape index (κ2) is 2.96. The molecule has 0 aromatic rings. The highest BCUT2D eigenvalue weighted by Gasteiger charge is 2.06. The van der Waals surface area contributed by atoms with Crippen LogP contribution in [0.25, 0.3) is 0 Å². The average molecular weight is 105 g/mol. The summed E-state index contributed by atoms with van der Waals surface area (Å²) < 4.78 is 0. The predicted molar refractivity (Wildman–Crippen MR) is 24.5 cm³/mol. The Labute approximate surface area is 42.2 Å². The summed E-state index contributed by atoms with van der Waals surface area (Å²) in [4.78, 5) is 0. The Bertz CT molecular complexity index is 44.2. The van der Waals surface area contributed by atoms with Crippen molar-refractivity contribution in [2.24, 2.45) is 0 Å². The third kappa shape index (κ3) is 2.56. The summed E-state index contributed by atoms with van der Waals surface area (Å²) in [5, 5.41) is 24.7. The number of hydrogen-bond acceptors (Lipinski definition) is 3. The molecular formula is C4H9O3. The lowest BCUT2D eigenvalue weighted by Gasteiger charge is -2.07. The summed E-state index contributed by atoms with van der Waals surface area (Å²) in [5.41, 5.74) is 0. The van der Waals surface area contributed by atoms with E-state index in [9.17, 15) is 0 Å². The van der Waals surface area contributed by atoms with E-state index < -0.39 is 18.8 Å². The lowest BCUT2D eigenvalue weighted by Crippen LogP contribution is -2.26. The Morgan fingerprint density at radius 3 is 1.86 bits per heavy atom. The Hall–Kier alpha value is -0.120. The molecule has 7 heavy (non-hydrogen) atoms. The van der Waals surface area contributed by atoms with E-state index >= 15 is 0 Å². The number of rotatable bonds is 2. The zero-order valence-corrected chi connectivity index (χ0v) is 3.91. The summed E-state index contributed by atoms with van der Waals surface area (Å²) in [6.07, 6.45) is -2.18. The third-order valence-electron chi connectivity index (χ3n) is 0.631. The molecule has 0 aliphatic heterocycles. The maximum Gasteiger partial charge on any atom is 0.103 e. The van der Waals surface area contributed by atoms with Gasteiger partial charge >= 0.3 is 0 Å². The van der Waals surface area contributed by atoms with Gasteiger partial charge in [-0.25, -0.2) is 0 Å². The van der Waals surface area contributed by atoms with Gasteiger partial charge in [0.2, 0.25) is 0 Å². The molecule has 0 aromatic carbocycles. The van der Waals surface area contributed by atoms with Crippen molar-refractivity contribution in [3.63, 3.8) is 0 Å². The minimum atomic E-state index is -1.10. The van der Waals surface area contributed by atoms with Crippen molar-refractivity contribution in [3.8, 4) is 0 Å². The molecule has 3 nitrogen and oxygen atoms in total. The lowest BCUT2D eigenvalue weighted by atomic mass is 10.2. The van der Waals surface area contributed by atoms with Crippen LogP contribution in [-0.2, 0) is 0 Å². The molecule has 0 amide bonds. The number of aliphatic hydroxyl groups is 3. The van der Waals surface area contributed by atoms with Crippen LogP contribution in [0.5, 0.6) is 0 Å². The Balaban J connectivity index is 3.14. The predicted octanol–water partition coefficient (Wildman–Crippen LogP) is -1.47. The highest BCUT2D eigenvalue weighted by atomic mass is 16.4. The highest BCUT2D eigenvalue weighted by Crippen LogP contribution is 1.86. The van der Waals surface area contributed by atoms with Crippen molar-refractivity contribution in [1.82, 2.24) is 0 Å². The average Bonchev–Trinajstić information content (AvgIpc) is 1.65. The molecule has 0 aliphatic carbocycles. The number of aliphatic hydroxyl groups excluding tert-OH is 3. The Kier molecular flexibility index (Phi) is 2.91. The summed E-state index contributed by atoms with van der Waals surface area (Å²) in [7, 11) is 0. The quantitative estimate of drug-likeness (QED) is 0.402. The van der Waals surface area contributed by atoms with Crippen LogP contribution in [-0.4, -0.2) is 34.1 Å². The summed E-state index contributed by atoms with van der Waals surface area (Å²) in [6, 6.07) is 0. The molecule has 0 bridgehead atoms. The summed E-state index contributed by atoms with van der Waals surface area (Å²) in [5.74, 6) is 0. The van der Waals surface area contributed by atoms with Crippen LogP contribution in [0.2, 0.25) is 0 Å². The SMILES string of the molecule is [CH2]C(O)C(O)CO. The van der Waals surface area contributed by atoms with Crippen molar-refractivity contribution in [2.45, 2.75) is 12.2 Å². The molecule has 3 heteroatoms. The fraction of sp³-hybridized carbons (Fsp3) is 0.750. The van der Waals surface area contributed by atoms with Gasteiger partial charge in [-0.15, -0.1) is 0 Å². The molecule has 0 aromatic heterocycles. The van der Waals surface area contributed by atoms with Gasteiger partial charge in [-0.2, -0.15) is 0 Å². The molecular weight excluding hydrogens is 96.0 g/mol. The monoisotopic (exact) mass is 105 g/mol. The standard InChI is InChI=1S/C4H9O3/c1-3(6)4(7)2-5/h3-7H,1-2H2. The Morgan fingerprint density at radius 2 is 1.86 bits per heavy atom. The van der Waals surface area contributed by atoms with Crippen LogP contribution in [0.3, 0.4) is 0 Å². The van der Waals surface area contributed by atoms with Gasteiger partial charge in [0.1, 0.15) is 6.10 Å². The lowest BCUT2D eigenvalue weighted by molar-refractivity contribution is 0.00813. The smallest absolute Gasteiger partial charge is 0.103 e. The van der Waals surface area contributed by atoms with Gasteiger partial charge < -0.3 is 15.3 Å². The molecule has 0 heterocycles. The van der Waals surface area contributed by atoms with Crippen molar-refractivity contribution >= 4 is 0 Å². The van der Waals surface area contributed by atoms with Gasteiger partial charge in [-0.1, -0.05) is 0 Å². The van der Waals surface area contributed by atoms with Crippen LogP contribution in [0.15, 0.2) is 0 Å². The fourth-order valence-corrected chi connectivity index (χ4v) is 0.122. The minimum Gasteiger partial charge on any atom is -0.394 e. The molecule has 2 atom stereocenters. The van der Waals surface area contributed by atoms with Crippen molar-refractivity contribution in [2.75, 3.05) is 6.61 Å². The maximum absolute atomic E-state index is 8.37. The van der Waals surface area contributed by atoms with E-state index in [1.54, 1.807) is 0 Å². The van der Waals surface area contributed by atoms with Crippen LogP contribution in [0.4, 0.5) is 0 Å². The van der Waals surface area contributed by atoms with E-state index in [0.717, 1.165) is 0 Å². The number of hydrogen-bond donors (Lipinski definition) is 3. The van der Waals surface area contributed by atoms with Gasteiger partial charge in [0.05, 0.1) is 12.7 Å². The van der Waals surface area contributed by atoms with E-state index in [1.165, 1.54) is 0 Å². The molecule has 0 saturated heterocycles. The van der Waals surface area contributed by atoms with Crippen LogP contribution < -0.4 is 0 Å². The second-order valence-electron chi connectivity index (χ2n) is 1.32. The van der Waals surface area contributed by atoms with E-state index in [1.807, 2.05) is 0 Å². The van der Waals surface area contributed by atoms with Gasteiger partial charge in [0.25, 0.3) is 0 Å². The Morgan fingerprint density at radius 1 is 1.43 bits per heavy atom. The van der Waals surface area contributed by atoms with E-state index in [2.05, 4.69) is 6.92 Å². The maximum atomic E-state index is 8.37. The van der Waals surface area contributed by atoms with Crippen molar-refractivity contribution < 1.29 is 15.3 Å². The first kappa shape index (κ1) is 6.88. The summed E-state index contributed by atoms with van der Waals surface area (Å²) in [6.45, 7) is 2.61. The van der Waals surface area contributed by atoms with Crippen molar-refractivity contribution in [1.29, 1.82) is 0 Å². The molecule has 0 spiro atoms. The van der Waals surface area contributed by atoms with Gasteiger partial charge in [-0.3, -0.25) is 0 Å². The van der Waals surface area contributed by atoms with Gasteiger partial charge in [0, 0.05) is 0 Å². The summed E-state index contributed by atoms with van der Waals surface area (Å²) >= 11 is 0. The molecule has 0 aliphatic rings. The third-order valence-corrected chi connectivity index (χ3v) is 0.631. The minimum absolute atomic E-state index is 0.440. The first-order chi connectivity index (χ1) is 3.18. The van der Waals surface area contributed by atoms with E-state index in [4.69, 9.17) is 15.3 Å². The molecule has 43 valence electrons. The topological polar surface area (TPSA) is 60.7 Å². The normalized spacial score (nSPS) is 18.9. The van der Waals surface area contributed by atoms with Crippen LogP contribution >= 0.6 is 0 Å². The van der Waals surface area contributed by atoms with Crippen molar-refractivity contribution in [3.05, 3.63) is 6.92 Å². The molecule has 1 radical (unpaired) electrons. The molecule has 2 unspecified atom stereocenters. The molecule has 0 fully saturated rings. The van der Waals surface area contributed by atoms with E-state index in [-0.39, 0.29) is 0 Å². The zero-order valence-electron chi connectivity index (χ0n) is 3.91. The molecule has 0 rings (SSSR count). The molecule has 0 saturated carbocycles. The molecule has 3 N–H and O–H groups in total. The highest BCUT2D eigenvalue weighted by molar-refractivity contribution is 4.66. The van der Waals surface area contributed by atoms with Crippen LogP contribution in [0, 0.1) is 6.92 Å². The van der Waals surface area contributed by atoms with Gasteiger partial charge in [-0.05, 0) is 6.92 Å².